The van der Waals surface area contributed by atoms with Gasteiger partial charge in [-0.05, 0) is 43.3 Å². The van der Waals surface area contributed by atoms with E-state index in [1.54, 1.807) is 25.1 Å². The summed E-state index contributed by atoms with van der Waals surface area (Å²) >= 11 is 11.5. The summed E-state index contributed by atoms with van der Waals surface area (Å²) in [5, 5.41) is -0.663. The maximum atomic E-state index is 13.2. The normalized spacial score (nSPS) is 11.8. The van der Waals surface area contributed by atoms with Gasteiger partial charge in [-0.3, -0.25) is 9.52 Å². The largest absolute Gasteiger partial charge is 0.493 e. The van der Waals surface area contributed by atoms with Gasteiger partial charge in [-0.25, -0.2) is 13.4 Å². The van der Waals surface area contributed by atoms with E-state index in [4.69, 9.17) is 27.9 Å². The van der Waals surface area contributed by atoms with Gasteiger partial charge in [0, 0.05) is 6.20 Å². The topological polar surface area (TPSA) is 85.4 Å². The van der Waals surface area contributed by atoms with Crippen molar-refractivity contribution >= 4 is 44.7 Å². The maximum Gasteiger partial charge on any atom is 0.417 e. The van der Waals surface area contributed by atoms with Crippen molar-refractivity contribution in [2.75, 3.05) is 11.3 Å². The molecule has 0 fully saturated rings. The van der Waals surface area contributed by atoms with Gasteiger partial charge in [-0.15, -0.1) is 0 Å². The molecule has 0 aliphatic heterocycles. The molecule has 0 aliphatic carbocycles. The lowest BCUT2D eigenvalue weighted by Gasteiger charge is -2.15. The molecule has 174 valence electrons. The second-order valence-electron chi connectivity index (χ2n) is 6.55. The van der Waals surface area contributed by atoms with Crippen LogP contribution < -0.4 is 9.46 Å². The first-order valence-electron chi connectivity index (χ1n) is 9.25. The van der Waals surface area contributed by atoms with Crippen molar-refractivity contribution in [2.24, 2.45) is 0 Å². The number of ketones is 1. The molecule has 33 heavy (non-hydrogen) atoms. The molecule has 1 heterocycles. The molecule has 0 spiro atoms. The number of para-hydroxylation sites is 1. The van der Waals surface area contributed by atoms with Gasteiger partial charge in [0.25, 0.3) is 10.0 Å². The fourth-order valence-corrected chi connectivity index (χ4v) is 4.32. The van der Waals surface area contributed by atoms with E-state index in [0.717, 1.165) is 24.4 Å². The van der Waals surface area contributed by atoms with Crippen molar-refractivity contribution in [3.05, 3.63) is 81.6 Å². The van der Waals surface area contributed by atoms with Crippen LogP contribution in [0.1, 0.15) is 28.5 Å². The first-order valence-corrected chi connectivity index (χ1v) is 11.5. The number of carbonyl (C=O) groups is 1. The Kier molecular flexibility index (Phi) is 7.20. The first kappa shape index (κ1) is 24.8. The summed E-state index contributed by atoms with van der Waals surface area (Å²) in [7, 11) is -4.58. The molecule has 1 aromatic heterocycles. The third kappa shape index (κ3) is 5.58. The number of aromatic nitrogens is 1. The van der Waals surface area contributed by atoms with Crippen LogP contribution in [0.25, 0.3) is 0 Å². The summed E-state index contributed by atoms with van der Waals surface area (Å²) in [4.78, 5) is 16.4. The highest BCUT2D eigenvalue weighted by Crippen LogP contribution is 2.36. The third-order valence-corrected chi connectivity index (χ3v) is 6.20. The molecular weight excluding hydrogens is 504 g/mol. The number of pyridine rings is 1. The van der Waals surface area contributed by atoms with E-state index >= 15 is 0 Å². The number of ether oxygens (including phenoxy) is 1. The van der Waals surface area contributed by atoms with Crippen molar-refractivity contribution in [1.29, 1.82) is 0 Å². The second-order valence-corrected chi connectivity index (χ2v) is 9.08. The highest BCUT2D eigenvalue weighted by atomic mass is 35.5. The molecule has 0 saturated carbocycles. The van der Waals surface area contributed by atoms with Crippen LogP contribution in [0.4, 0.5) is 18.9 Å². The lowest BCUT2D eigenvalue weighted by molar-refractivity contribution is -0.137. The van der Waals surface area contributed by atoms with E-state index in [2.05, 4.69) is 9.71 Å². The van der Waals surface area contributed by atoms with Crippen LogP contribution in [0.5, 0.6) is 5.75 Å². The minimum Gasteiger partial charge on any atom is -0.493 e. The fourth-order valence-electron chi connectivity index (χ4n) is 2.85. The number of nitrogens with one attached hydrogen (secondary N) is 1. The van der Waals surface area contributed by atoms with E-state index in [-0.39, 0.29) is 34.3 Å². The van der Waals surface area contributed by atoms with Gasteiger partial charge in [-0.1, -0.05) is 35.3 Å². The first-order chi connectivity index (χ1) is 15.4. The molecule has 0 atom stereocenters. The maximum absolute atomic E-state index is 13.2. The Balaban J connectivity index is 2.06. The Labute approximate surface area is 197 Å². The predicted octanol–water partition coefficient (Wildman–Crippen LogP) is 5.84. The minimum atomic E-state index is -4.87. The summed E-state index contributed by atoms with van der Waals surface area (Å²) in [6, 6.07) is 9.52. The molecular formula is C21H15Cl2F3N2O4S. The van der Waals surface area contributed by atoms with E-state index < -0.39 is 37.5 Å². The molecule has 0 unspecified atom stereocenters. The molecule has 6 nitrogen and oxygen atoms in total. The summed E-state index contributed by atoms with van der Waals surface area (Å²) in [5.74, 6) is -0.427. The van der Waals surface area contributed by atoms with Crippen LogP contribution in [0.2, 0.25) is 10.0 Å². The Hall–Kier alpha value is -2.82. The summed E-state index contributed by atoms with van der Waals surface area (Å²) < 4.78 is 72.8. The molecule has 0 bridgehead atoms. The van der Waals surface area contributed by atoms with E-state index in [9.17, 15) is 26.4 Å². The zero-order valence-electron chi connectivity index (χ0n) is 16.8. The Morgan fingerprint density at radius 2 is 1.82 bits per heavy atom. The Morgan fingerprint density at radius 3 is 2.48 bits per heavy atom. The monoisotopic (exact) mass is 518 g/mol. The van der Waals surface area contributed by atoms with Crippen molar-refractivity contribution in [3.63, 3.8) is 0 Å². The predicted molar refractivity (Wildman–Crippen MR) is 118 cm³/mol. The number of carbonyl (C=O) groups excluding carboxylic acids is 1. The molecule has 1 N–H and O–H groups in total. The highest BCUT2D eigenvalue weighted by molar-refractivity contribution is 7.92. The van der Waals surface area contributed by atoms with Gasteiger partial charge in [0.05, 0.1) is 38.4 Å². The number of hydrogen-bond donors (Lipinski definition) is 1. The molecule has 3 rings (SSSR count). The average Bonchev–Trinajstić information content (AvgIpc) is 2.73. The van der Waals surface area contributed by atoms with E-state index in [1.165, 1.54) is 6.07 Å². The van der Waals surface area contributed by atoms with Crippen molar-refractivity contribution in [2.45, 2.75) is 18.0 Å². The molecule has 12 heteroatoms. The molecule has 0 saturated heterocycles. The standard InChI is InChI=1S/C21H15Cl2F3N2O4S/c1-2-32-18-6-4-3-5-14(18)20(29)19-17(9-12(22)11-27-19)28-33(30,31)13-7-8-16(23)15(10-13)21(24,25)26/h3-11,28H,2H2,1H3. The van der Waals surface area contributed by atoms with Gasteiger partial charge in [-0.2, -0.15) is 13.2 Å². The Bertz CT molecular complexity index is 1320. The van der Waals surface area contributed by atoms with E-state index in [1.807, 2.05) is 0 Å². The van der Waals surface area contributed by atoms with Crippen LogP contribution in [-0.2, 0) is 16.2 Å². The third-order valence-electron chi connectivity index (χ3n) is 4.30. The summed E-state index contributed by atoms with van der Waals surface area (Å²) in [6.45, 7) is 2.00. The number of hydrogen-bond acceptors (Lipinski definition) is 5. The van der Waals surface area contributed by atoms with Crippen molar-refractivity contribution in [1.82, 2.24) is 4.98 Å². The number of nitrogens with zero attached hydrogens (tertiary/aromatic N) is 1. The zero-order valence-corrected chi connectivity index (χ0v) is 19.1. The number of alkyl halides is 3. The molecule has 2 aromatic carbocycles. The highest BCUT2D eigenvalue weighted by Gasteiger charge is 2.35. The summed E-state index contributed by atoms with van der Waals surface area (Å²) in [6.07, 6.45) is -3.73. The molecule has 0 aliphatic rings. The SMILES string of the molecule is CCOc1ccccc1C(=O)c1ncc(Cl)cc1NS(=O)(=O)c1ccc(Cl)c(C(F)(F)F)c1. The number of benzene rings is 2. The number of halogens is 5. The second kappa shape index (κ2) is 9.58. The number of rotatable bonds is 7. The van der Waals surface area contributed by atoms with Crippen LogP contribution in [0, 0.1) is 0 Å². The number of anilines is 1. The van der Waals surface area contributed by atoms with Gasteiger partial charge >= 0.3 is 6.18 Å². The van der Waals surface area contributed by atoms with Gasteiger partial charge in [0.2, 0.25) is 5.78 Å². The van der Waals surface area contributed by atoms with Crippen LogP contribution in [0.15, 0.2) is 59.6 Å². The smallest absolute Gasteiger partial charge is 0.417 e. The van der Waals surface area contributed by atoms with Crippen molar-refractivity contribution in [3.8, 4) is 5.75 Å². The fraction of sp³-hybridized carbons (Fsp3) is 0.143. The van der Waals surface area contributed by atoms with Gasteiger partial charge < -0.3 is 4.74 Å². The van der Waals surface area contributed by atoms with Gasteiger partial charge in [0.15, 0.2) is 0 Å². The average molecular weight is 519 g/mol. The molecule has 0 radical (unpaired) electrons. The molecule has 3 aromatic rings. The minimum absolute atomic E-state index is 0.00516. The Morgan fingerprint density at radius 1 is 1.12 bits per heavy atom. The van der Waals surface area contributed by atoms with Crippen LogP contribution in [0.3, 0.4) is 0 Å². The summed E-state index contributed by atoms with van der Waals surface area (Å²) in [5.41, 5.74) is -1.85. The van der Waals surface area contributed by atoms with Gasteiger partial charge in [0.1, 0.15) is 11.4 Å². The van der Waals surface area contributed by atoms with Crippen LogP contribution in [-0.4, -0.2) is 25.8 Å². The molecule has 0 amide bonds. The number of sulfonamides is 1. The van der Waals surface area contributed by atoms with Crippen LogP contribution >= 0.6 is 23.2 Å². The van der Waals surface area contributed by atoms with Crippen molar-refractivity contribution < 1.29 is 31.1 Å². The lowest BCUT2D eigenvalue weighted by atomic mass is 10.1. The zero-order chi connectivity index (χ0) is 24.4. The quantitative estimate of drug-likeness (QED) is 0.397. The lowest BCUT2D eigenvalue weighted by Crippen LogP contribution is -2.18. The van der Waals surface area contributed by atoms with E-state index in [0.29, 0.717) is 6.07 Å².